The lowest BCUT2D eigenvalue weighted by Crippen LogP contribution is -2.54. The highest BCUT2D eigenvalue weighted by Gasteiger charge is 2.34. The highest BCUT2D eigenvalue weighted by Crippen LogP contribution is 2.23. The second-order valence-corrected chi connectivity index (χ2v) is 10.5. The number of hydrogen-bond donors (Lipinski definition) is 2. The largest absolute Gasteiger partial charge is 0.467 e. The van der Waals surface area contributed by atoms with Crippen LogP contribution in [0.1, 0.15) is 30.7 Å². The van der Waals surface area contributed by atoms with Crippen molar-refractivity contribution in [2.45, 2.75) is 45.2 Å². The number of carbonyl (C=O) groups excluding carboxylic acids is 2. The number of nitrogens with one attached hydrogen (secondary N) is 2. The van der Waals surface area contributed by atoms with E-state index < -0.39 is 28.5 Å². The normalized spacial score (nSPS) is 12.4. The summed E-state index contributed by atoms with van der Waals surface area (Å²) in [5.74, 6) is -0.589. The Morgan fingerprint density at radius 2 is 1.54 bits per heavy atom. The smallest absolute Gasteiger partial charge is 0.243 e. The molecule has 35 heavy (non-hydrogen) atoms. The van der Waals surface area contributed by atoms with E-state index in [0.717, 1.165) is 11.1 Å². The van der Waals surface area contributed by atoms with Gasteiger partial charge in [-0.25, -0.2) is 13.1 Å². The zero-order valence-corrected chi connectivity index (χ0v) is 21.1. The summed E-state index contributed by atoms with van der Waals surface area (Å²) in [5, 5.41) is 2.82. The van der Waals surface area contributed by atoms with E-state index in [0.29, 0.717) is 11.4 Å². The number of nitrogens with zero attached hydrogens (tertiary/aromatic N) is 1. The van der Waals surface area contributed by atoms with Gasteiger partial charge in [0, 0.05) is 5.69 Å². The molecule has 8 nitrogen and oxygen atoms in total. The molecule has 0 aliphatic heterocycles. The summed E-state index contributed by atoms with van der Waals surface area (Å²) in [6, 6.07) is 16.1. The van der Waals surface area contributed by atoms with Crippen LogP contribution in [0.4, 0.5) is 5.69 Å². The zero-order chi connectivity index (χ0) is 25.6. The topological polar surface area (TPSA) is 109 Å². The van der Waals surface area contributed by atoms with Crippen LogP contribution in [0.25, 0.3) is 0 Å². The third-order valence-corrected chi connectivity index (χ3v) is 6.94. The minimum absolute atomic E-state index is 0.0642. The van der Waals surface area contributed by atoms with Gasteiger partial charge in [0.1, 0.15) is 11.8 Å². The highest BCUT2D eigenvalue weighted by molar-refractivity contribution is 7.89. The maximum atomic E-state index is 13.4. The Hall–Kier alpha value is -3.43. The number of sulfonamides is 1. The molecule has 0 saturated heterocycles. The predicted molar refractivity (Wildman–Crippen MR) is 134 cm³/mol. The number of hydrogen-bond acceptors (Lipinski definition) is 5. The van der Waals surface area contributed by atoms with Gasteiger partial charge in [0.15, 0.2) is 0 Å². The van der Waals surface area contributed by atoms with Crippen molar-refractivity contribution in [2.24, 2.45) is 5.92 Å². The zero-order valence-electron chi connectivity index (χ0n) is 20.3. The van der Waals surface area contributed by atoms with Crippen molar-refractivity contribution in [3.05, 3.63) is 83.8 Å². The van der Waals surface area contributed by atoms with Crippen molar-refractivity contribution in [1.82, 2.24) is 10.0 Å². The summed E-state index contributed by atoms with van der Waals surface area (Å²) in [7, 11) is -3.91. The molecule has 2 aromatic carbocycles. The van der Waals surface area contributed by atoms with Crippen LogP contribution in [0.5, 0.6) is 0 Å². The summed E-state index contributed by atoms with van der Waals surface area (Å²) in [4.78, 5) is 28.1. The van der Waals surface area contributed by atoms with Gasteiger partial charge in [-0.05, 0) is 56.2 Å². The monoisotopic (exact) mass is 497 g/mol. The molecule has 0 bridgehead atoms. The molecule has 0 fully saturated rings. The lowest BCUT2D eigenvalue weighted by molar-refractivity contribution is -0.127. The highest BCUT2D eigenvalue weighted by atomic mass is 32.2. The average molecular weight is 498 g/mol. The van der Waals surface area contributed by atoms with E-state index in [4.69, 9.17) is 4.42 Å². The van der Waals surface area contributed by atoms with E-state index in [2.05, 4.69) is 10.0 Å². The molecule has 3 rings (SSSR count). The van der Waals surface area contributed by atoms with Gasteiger partial charge >= 0.3 is 0 Å². The molecular weight excluding hydrogens is 466 g/mol. The fourth-order valence-corrected chi connectivity index (χ4v) is 4.59. The molecule has 0 spiro atoms. The number of rotatable bonds is 10. The quantitative estimate of drug-likeness (QED) is 0.445. The Balaban J connectivity index is 1.85. The molecule has 0 aliphatic carbocycles. The molecule has 2 amide bonds. The fraction of sp³-hybridized carbons (Fsp3) is 0.308. The van der Waals surface area contributed by atoms with Crippen LogP contribution in [0.3, 0.4) is 0 Å². The number of amides is 2. The van der Waals surface area contributed by atoms with Gasteiger partial charge in [0.25, 0.3) is 0 Å². The molecule has 186 valence electrons. The lowest BCUT2D eigenvalue weighted by Gasteiger charge is -2.33. The molecular formula is C26H31N3O5S. The van der Waals surface area contributed by atoms with E-state index in [-0.39, 0.29) is 23.3 Å². The Morgan fingerprint density at radius 3 is 2.09 bits per heavy atom. The first-order valence-electron chi connectivity index (χ1n) is 11.3. The van der Waals surface area contributed by atoms with E-state index >= 15 is 0 Å². The predicted octanol–water partition coefficient (Wildman–Crippen LogP) is 3.55. The molecule has 0 radical (unpaired) electrons. The van der Waals surface area contributed by atoms with Crippen LogP contribution in [0, 0.1) is 19.8 Å². The van der Waals surface area contributed by atoms with Crippen molar-refractivity contribution in [1.29, 1.82) is 0 Å². The van der Waals surface area contributed by atoms with E-state index in [1.54, 1.807) is 36.4 Å². The van der Waals surface area contributed by atoms with E-state index in [1.807, 2.05) is 39.8 Å². The summed E-state index contributed by atoms with van der Waals surface area (Å²) < 4.78 is 33.2. The number of aryl methyl sites for hydroxylation is 2. The fourth-order valence-electron chi connectivity index (χ4n) is 3.62. The van der Waals surface area contributed by atoms with Crippen LogP contribution < -0.4 is 14.9 Å². The van der Waals surface area contributed by atoms with Gasteiger partial charge < -0.3 is 9.73 Å². The van der Waals surface area contributed by atoms with Crippen LogP contribution >= 0.6 is 0 Å². The second kappa shape index (κ2) is 11.3. The number of carbonyl (C=O) groups is 2. The number of furan rings is 1. The van der Waals surface area contributed by atoms with E-state index in [1.165, 1.54) is 23.3 Å². The van der Waals surface area contributed by atoms with Crippen LogP contribution in [0.15, 0.2) is 76.2 Å². The second-order valence-electron chi connectivity index (χ2n) is 8.72. The number of benzene rings is 2. The molecule has 1 atom stereocenters. The first-order chi connectivity index (χ1) is 16.6. The van der Waals surface area contributed by atoms with Gasteiger partial charge in [-0.2, -0.15) is 0 Å². The van der Waals surface area contributed by atoms with Crippen molar-refractivity contribution in [2.75, 3.05) is 11.4 Å². The maximum Gasteiger partial charge on any atom is 0.243 e. The third kappa shape index (κ3) is 6.80. The molecule has 2 N–H and O–H groups in total. The summed E-state index contributed by atoms with van der Waals surface area (Å²) in [6.07, 6.45) is 1.52. The summed E-state index contributed by atoms with van der Waals surface area (Å²) in [5.41, 5.74) is 2.41. The van der Waals surface area contributed by atoms with Crippen molar-refractivity contribution >= 4 is 27.5 Å². The Labute approximate surface area is 206 Å². The molecule has 1 unspecified atom stereocenters. The molecule has 0 saturated carbocycles. The molecule has 9 heteroatoms. The van der Waals surface area contributed by atoms with Crippen molar-refractivity contribution in [3.8, 4) is 0 Å². The van der Waals surface area contributed by atoms with Crippen LogP contribution in [-0.4, -0.2) is 32.8 Å². The van der Waals surface area contributed by atoms with Gasteiger partial charge in [-0.1, -0.05) is 49.2 Å². The van der Waals surface area contributed by atoms with Gasteiger partial charge in [-0.3, -0.25) is 14.5 Å². The van der Waals surface area contributed by atoms with E-state index in [9.17, 15) is 18.0 Å². The van der Waals surface area contributed by atoms with Crippen molar-refractivity contribution < 1.29 is 22.4 Å². The molecule has 1 heterocycles. The summed E-state index contributed by atoms with van der Waals surface area (Å²) in [6.45, 7) is 7.12. The molecule has 3 aromatic rings. The Morgan fingerprint density at radius 1 is 0.943 bits per heavy atom. The SMILES string of the molecule is Cc1ccc(N(C(=O)CNS(=O)(=O)c2ccc(C)cc2)C(C(=O)NCc2ccco2)C(C)C)cc1. The summed E-state index contributed by atoms with van der Waals surface area (Å²) >= 11 is 0. The Kier molecular flexibility index (Phi) is 8.48. The molecule has 1 aromatic heterocycles. The van der Waals surface area contributed by atoms with Gasteiger partial charge in [-0.15, -0.1) is 0 Å². The first kappa shape index (κ1) is 26.2. The van der Waals surface area contributed by atoms with Crippen molar-refractivity contribution in [3.63, 3.8) is 0 Å². The molecule has 0 aliphatic rings. The maximum absolute atomic E-state index is 13.4. The van der Waals surface area contributed by atoms with Gasteiger partial charge in [0.05, 0.1) is 24.2 Å². The van der Waals surface area contributed by atoms with Crippen LogP contribution in [-0.2, 0) is 26.2 Å². The van der Waals surface area contributed by atoms with Crippen LogP contribution in [0.2, 0.25) is 0 Å². The number of anilines is 1. The van der Waals surface area contributed by atoms with Gasteiger partial charge in [0.2, 0.25) is 21.8 Å². The third-order valence-electron chi connectivity index (χ3n) is 5.52. The average Bonchev–Trinajstić information content (AvgIpc) is 3.34. The minimum atomic E-state index is -3.91. The first-order valence-corrected chi connectivity index (χ1v) is 12.8. The Bertz CT molecular complexity index is 1240. The standard InChI is InChI=1S/C26H31N3O5S/c1-18(2)25(26(31)27-16-22-6-5-15-34-22)29(21-11-7-19(3)8-12-21)24(30)17-28-35(32,33)23-13-9-20(4)10-14-23/h5-15,18,25,28H,16-17H2,1-4H3,(H,27,31). The minimum Gasteiger partial charge on any atom is -0.467 e. The lowest BCUT2D eigenvalue weighted by atomic mass is 10.00.